The van der Waals surface area contributed by atoms with E-state index in [1.807, 2.05) is 0 Å². The average molecular weight is 299 g/mol. The molecule has 1 aliphatic rings. The predicted molar refractivity (Wildman–Crippen MR) is 76.6 cm³/mol. The molecule has 0 saturated carbocycles. The molecule has 1 aromatic rings. The fourth-order valence-electron chi connectivity index (χ4n) is 2.21. The van der Waals surface area contributed by atoms with Gasteiger partial charge in [-0.05, 0) is 12.5 Å². The molecule has 0 spiro atoms. The van der Waals surface area contributed by atoms with E-state index in [0.29, 0.717) is 25.2 Å². The molecule has 0 bridgehead atoms. The first-order valence-corrected chi connectivity index (χ1v) is 8.21. The number of anilines is 1. The third kappa shape index (κ3) is 3.91. The lowest BCUT2D eigenvalue weighted by Crippen LogP contribution is -2.33. The maximum atomic E-state index is 11.3. The molecule has 0 radical (unpaired) electrons. The second-order valence-electron chi connectivity index (χ2n) is 4.76. The smallest absolute Gasteiger partial charge is 0.292 e. The molecule has 0 unspecified atom stereocenters. The number of nitrogens with zero attached hydrogens (tertiary/aromatic N) is 1. The molecule has 1 heterocycles. The van der Waals surface area contributed by atoms with Crippen molar-refractivity contribution in [3.8, 4) is 0 Å². The van der Waals surface area contributed by atoms with Crippen LogP contribution in [0.2, 0.25) is 0 Å². The zero-order valence-electron chi connectivity index (χ0n) is 10.9. The van der Waals surface area contributed by atoms with Gasteiger partial charge in [0, 0.05) is 25.2 Å². The van der Waals surface area contributed by atoms with Crippen molar-refractivity contribution in [1.29, 1.82) is 0 Å². The molecule has 1 fully saturated rings. The van der Waals surface area contributed by atoms with Gasteiger partial charge in [0.15, 0.2) is 9.84 Å². The summed E-state index contributed by atoms with van der Waals surface area (Å²) < 4.78 is 22.6. The Bertz CT molecular complexity index is 588. The fraction of sp³-hybridized carbons (Fsp3) is 0.500. The Morgan fingerprint density at radius 3 is 2.70 bits per heavy atom. The standard InChI is InChI=1S/C12H17N3O4S/c16-15(17)12-4-2-1-3-11(12)14-7-6-13-10-5-8-20(18,19)9-10/h1-4,10,13-14H,5-9H2/t10-/m0/s1. The van der Waals surface area contributed by atoms with Crippen LogP contribution < -0.4 is 10.6 Å². The quantitative estimate of drug-likeness (QED) is 0.457. The first-order chi connectivity index (χ1) is 9.48. The van der Waals surface area contributed by atoms with Crippen molar-refractivity contribution in [3.63, 3.8) is 0 Å². The lowest BCUT2D eigenvalue weighted by atomic mass is 10.2. The van der Waals surface area contributed by atoms with Crippen LogP contribution in [0.5, 0.6) is 0 Å². The van der Waals surface area contributed by atoms with E-state index in [4.69, 9.17) is 0 Å². The van der Waals surface area contributed by atoms with Gasteiger partial charge in [0.2, 0.25) is 0 Å². The number of para-hydroxylation sites is 2. The number of nitro groups is 1. The van der Waals surface area contributed by atoms with Crippen molar-refractivity contribution < 1.29 is 13.3 Å². The molecular weight excluding hydrogens is 282 g/mol. The van der Waals surface area contributed by atoms with Crippen molar-refractivity contribution in [2.75, 3.05) is 29.9 Å². The molecule has 1 atom stereocenters. The molecule has 110 valence electrons. The number of benzene rings is 1. The van der Waals surface area contributed by atoms with Gasteiger partial charge in [-0.3, -0.25) is 10.1 Å². The highest BCUT2D eigenvalue weighted by atomic mass is 32.2. The Balaban J connectivity index is 1.78. The van der Waals surface area contributed by atoms with Crippen LogP contribution in [0.15, 0.2) is 24.3 Å². The van der Waals surface area contributed by atoms with Crippen molar-refractivity contribution in [1.82, 2.24) is 5.32 Å². The van der Waals surface area contributed by atoms with Gasteiger partial charge in [-0.15, -0.1) is 0 Å². The number of hydrogen-bond acceptors (Lipinski definition) is 6. The van der Waals surface area contributed by atoms with Crippen LogP contribution in [0, 0.1) is 10.1 Å². The van der Waals surface area contributed by atoms with E-state index in [2.05, 4.69) is 10.6 Å². The zero-order chi connectivity index (χ0) is 14.6. The monoisotopic (exact) mass is 299 g/mol. The predicted octanol–water partition coefficient (Wildman–Crippen LogP) is 0.783. The van der Waals surface area contributed by atoms with Crippen molar-refractivity contribution in [2.45, 2.75) is 12.5 Å². The third-order valence-corrected chi connectivity index (χ3v) is 4.97. The minimum absolute atomic E-state index is 0.00689. The summed E-state index contributed by atoms with van der Waals surface area (Å²) in [6, 6.07) is 6.43. The zero-order valence-corrected chi connectivity index (χ0v) is 11.7. The average Bonchev–Trinajstić information content (AvgIpc) is 2.74. The van der Waals surface area contributed by atoms with E-state index in [9.17, 15) is 18.5 Å². The molecule has 8 heteroatoms. The summed E-state index contributed by atoms with van der Waals surface area (Å²) in [7, 11) is -2.87. The lowest BCUT2D eigenvalue weighted by Gasteiger charge is -2.11. The molecule has 2 rings (SSSR count). The van der Waals surface area contributed by atoms with E-state index < -0.39 is 14.8 Å². The lowest BCUT2D eigenvalue weighted by molar-refractivity contribution is -0.384. The largest absolute Gasteiger partial charge is 0.378 e. The van der Waals surface area contributed by atoms with Crippen LogP contribution in [0.4, 0.5) is 11.4 Å². The van der Waals surface area contributed by atoms with Gasteiger partial charge in [-0.25, -0.2) is 8.42 Å². The molecule has 0 amide bonds. The van der Waals surface area contributed by atoms with Crippen molar-refractivity contribution in [2.24, 2.45) is 0 Å². The van der Waals surface area contributed by atoms with Crippen molar-refractivity contribution >= 4 is 21.2 Å². The SMILES string of the molecule is O=[N+]([O-])c1ccccc1NCCN[C@H]1CCS(=O)(=O)C1. The summed E-state index contributed by atoms with van der Waals surface area (Å²) >= 11 is 0. The highest BCUT2D eigenvalue weighted by molar-refractivity contribution is 7.91. The van der Waals surface area contributed by atoms with Gasteiger partial charge in [-0.2, -0.15) is 0 Å². The molecule has 1 aliphatic heterocycles. The topological polar surface area (TPSA) is 101 Å². The maximum absolute atomic E-state index is 11.3. The minimum Gasteiger partial charge on any atom is -0.378 e. The van der Waals surface area contributed by atoms with Crippen LogP contribution in [0.25, 0.3) is 0 Å². The maximum Gasteiger partial charge on any atom is 0.292 e. The Labute approximate surface area is 117 Å². The first kappa shape index (κ1) is 14.7. The van der Waals surface area contributed by atoms with Crippen LogP contribution in [0.3, 0.4) is 0 Å². The third-order valence-electron chi connectivity index (χ3n) is 3.21. The highest BCUT2D eigenvalue weighted by Gasteiger charge is 2.27. The summed E-state index contributed by atoms with van der Waals surface area (Å²) in [5, 5.41) is 16.9. The first-order valence-electron chi connectivity index (χ1n) is 6.39. The Kier molecular flexibility index (Phi) is 4.56. The van der Waals surface area contributed by atoms with Gasteiger partial charge in [0.1, 0.15) is 5.69 Å². The van der Waals surface area contributed by atoms with Crippen molar-refractivity contribution in [3.05, 3.63) is 34.4 Å². The Morgan fingerprint density at radius 1 is 1.30 bits per heavy atom. The molecule has 0 aliphatic carbocycles. The second-order valence-corrected chi connectivity index (χ2v) is 6.98. The van der Waals surface area contributed by atoms with Gasteiger partial charge >= 0.3 is 0 Å². The van der Waals surface area contributed by atoms with Crippen LogP contribution in [-0.4, -0.2) is 44.0 Å². The molecule has 7 nitrogen and oxygen atoms in total. The Hall–Kier alpha value is -1.67. The summed E-state index contributed by atoms with van der Waals surface area (Å²) in [6.45, 7) is 1.06. The van der Waals surface area contributed by atoms with Gasteiger partial charge in [0.25, 0.3) is 5.69 Å². The van der Waals surface area contributed by atoms with Crippen LogP contribution in [-0.2, 0) is 9.84 Å². The van der Waals surface area contributed by atoms with Gasteiger partial charge < -0.3 is 10.6 Å². The summed E-state index contributed by atoms with van der Waals surface area (Å²) in [6.07, 6.45) is 0.633. The van der Waals surface area contributed by atoms with E-state index in [1.165, 1.54) is 6.07 Å². The molecule has 0 aromatic heterocycles. The number of sulfone groups is 1. The second kappa shape index (κ2) is 6.19. The highest BCUT2D eigenvalue weighted by Crippen LogP contribution is 2.22. The van der Waals surface area contributed by atoms with Gasteiger partial charge in [0.05, 0.1) is 16.4 Å². The van der Waals surface area contributed by atoms with E-state index >= 15 is 0 Å². The van der Waals surface area contributed by atoms with Crippen LogP contribution in [0.1, 0.15) is 6.42 Å². The molecule has 1 aromatic carbocycles. The Morgan fingerprint density at radius 2 is 2.05 bits per heavy atom. The molecule has 20 heavy (non-hydrogen) atoms. The molecular formula is C12H17N3O4S. The summed E-state index contributed by atoms with van der Waals surface area (Å²) in [4.78, 5) is 10.4. The number of nitro benzene ring substituents is 1. The molecule has 1 saturated heterocycles. The number of nitrogens with one attached hydrogen (secondary N) is 2. The fourth-order valence-corrected chi connectivity index (χ4v) is 3.92. The van der Waals surface area contributed by atoms with Gasteiger partial charge in [-0.1, -0.05) is 12.1 Å². The van der Waals surface area contributed by atoms with E-state index in [-0.39, 0.29) is 23.2 Å². The molecule has 2 N–H and O–H groups in total. The number of rotatable bonds is 6. The van der Waals surface area contributed by atoms with E-state index in [1.54, 1.807) is 18.2 Å². The normalized spacial score (nSPS) is 20.7. The minimum atomic E-state index is -2.87. The summed E-state index contributed by atoms with van der Waals surface area (Å²) in [5.41, 5.74) is 0.509. The van der Waals surface area contributed by atoms with E-state index in [0.717, 1.165) is 0 Å². The van der Waals surface area contributed by atoms with Crippen LogP contribution >= 0.6 is 0 Å². The number of hydrogen-bond donors (Lipinski definition) is 2. The summed E-state index contributed by atoms with van der Waals surface area (Å²) in [5.74, 6) is 0.417.